The molecule has 0 atom stereocenters. The number of imidazole rings is 1. The van der Waals surface area contributed by atoms with Crippen molar-refractivity contribution in [1.82, 2.24) is 14.5 Å². The van der Waals surface area contributed by atoms with Gasteiger partial charge in [-0.25, -0.2) is 4.98 Å². The number of nitrogens with zero attached hydrogens (tertiary/aromatic N) is 2. The third kappa shape index (κ3) is 2.01. The number of hydrogen-bond acceptors (Lipinski definition) is 3. The zero-order chi connectivity index (χ0) is 11.8. The van der Waals surface area contributed by atoms with Crippen LogP contribution in [0.2, 0.25) is 0 Å². The Morgan fingerprint density at radius 3 is 3.00 bits per heavy atom. The molecule has 2 aromatic rings. The molecule has 0 aliphatic rings. The summed E-state index contributed by atoms with van der Waals surface area (Å²) in [5.41, 5.74) is 1.57. The fraction of sp³-hybridized carbons (Fsp3) is 0.455. The van der Waals surface area contributed by atoms with Crippen LogP contribution in [0.15, 0.2) is 18.3 Å². The predicted molar refractivity (Wildman–Crippen MR) is 66.0 cm³/mol. The van der Waals surface area contributed by atoms with Crippen molar-refractivity contribution in [2.45, 2.75) is 26.0 Å². The predicted octanol–water partition coefficient (Wildman–Crippen LogP) is 2.52. The van der Waals surface area contributed by atoms with Gasteiger partial charge in [-0.2, -0.15) is 0 Å². The summed E-state index contributed by atoms with van der Waals surface area (Å²) in [7, 11) is 1.70. The second-order valence-corrected chi connectivity index (χ2v) is 4.74. The molecule has 2 heterocycles. The van der Waals surface area contributed by atoms with Gasteiger partial charge < -0.3 is 9.72 Å². The smallest absolute Gasteiger partial charge is 0.179 e. The molecule has 0 aliphatic heterocycles. The number of methoxy groups -OCH3 is 1. The SMILES string of the molecule is COC(C)(C)Cn1c(=S)[nH]c2cccnc21. The molecule has 16 heavy (non-hydrogen) atoms. The fourth-order valence-electron chi connectivity index (χ4n) is 1.58. The maximum absolute atomic E-state index is 5.41. The normalized spacial score (nSPS) is 12.2. The number of H-pyrrole nitrogens is 1. The van der Waals surface area contributed by atoms with Gasteiger partial charge in [0.1, 0.15) is 0 Å². The summed E-state index contributed by atoms with van der Waals surface area (Å²) in [5.74, 6) is 0. The Morgan fingerprint density at radius 1 is 1.56 bits per heavy atom. The van der Waals surface area contributed by atoms with Gasteiger partial charge >= 0.3 is 0 Å². The standard InChI is InChI=1S/C11H15N3OS/c1-11(2,15-3)7-14-9-8(13-10(14)16)5-4-6-12-9/h4-6H,7H2,1-3H3,(H,13,16). The summed E-state index contributed by atoms with van der Waals surface area (Å²) < 4.78 is 8.05. The van der Waals surface area contributed by atoms with Gasteiger partial charge in [-0.05, 0) is 38.2 Å². The number of rotatable bonds is 3. The van der Waals surface area contributed by atoms with Crippen molar-refractivity contribution in [2.24, 2.45) is 0 Å². The van der Waals surface area contributed by atoms with Gasteiger partial charge in [-0.15, -0.1) is 0 Å². The van der Waals surface area contributed by atoms with Crippen molar-refractivity contribution in [2.75, 3.05) is 7.11 Å². The van der Waals surface area contributed by atoms with E-state index < -0.39 is 0 Å². The average molecular weight is 237 g/mol. The molecule has 0 saturated carbocycles. The molecule has 0 spiro atoms. The highest BCUT2D eigenvalue weighted by Gasteiger charge is 2.19. The van der Waals surface area contributed by atoms with Gasteiger partial charge in [0, 0.05) is 13.3 Å². The molecule has 0 amide bonds. The molecule has 0 fully saturated rings. The molecule has 1 N–H and O–H groups in total. The van der Waals surface area contributed by atoms with Crippen molar-refractivity contribution < 1.29 is 4.74 Å². The molecule has 5 heteroatoms. The van der Waals surface area contributed by atoms with Crippen LogP contribution in [-0.4, -0.2) is 27.2 Å². The first-order chi connectivity index (χ1) is 7.53. The molecule has 0 unspecified atom stereocenters. The number of nitrogens with one attached hydrogen (secondary N) is 1. The van der Waals surface area contributed by atoms with Gasteiger partial charge in [0.05, 0.1) is 17.7 Å². The topological polar surface area (TPSA) is 42.8 Å². The summed E-state index contributed by atoms with van der Waals surface area (Å²) in [6, 6.07) is 3.86. The van der Waals surface area contributed by atoms with E-state index in [1.807, 2.05) is 30.5 Å². The van der Waals surface area contributed by atoms with E-state index >= 15 is 0 Å². The number of fused-ring (bicyclic) bond motifs is 1. The fourth-order valence-corrected chi connectivity index (χ4v) is 1.84. The van der Waals surface area contributed by atoms with E-state index in [4.69, 9.17) is 17.0 Å². The zero-order valence-electron chi connectivity index (χ0n) is 9.65. The Kier molecular flexibility index (Phi) is 2.82. The molecule has 0 radical (unpaired) electrons. The van der Waals surface area contributed by atoms with Crippen molar-refractivity contribution >= 4 is 23.4 Å². The van der Waals surface area contributed by atoms with Crippen molar-refractivity contribution in [3.8, 4) is 0 Å². The van der Waals surface area contributed by atoms with Gasteiger partial charge in [0.2, 0.25) is 0 Å². The minimum absolute atomic E-state index is 0.259. The van der Waals surface area contributed by atoms with Crippen LogP contribution in [0.5, 0.6) is 0 Å². The van der Waals surface area contributed by atoms with Crippen LogP contribution in [0.25, 0.3) is 11.2 Å². The number of aromatic nitrogens is 3. The highest BCUT2D eigenvalue weighted by molar-refractivity contribution is 7.71. The third-order valence-corrected chi connectivity index (χ3v) is 2.94. The minimum Gasteiger partial charge on any atom is -0.377 e. The van der Waals surface area contributed by atoms with E-state index in [9.17, 15) is 0 Å². The Morgan fingerprint density at radius 2 is 2.31 bits per heavy atom. The molecule has 0 aromatic carbocycles. The largest absolute Gasteiger partial charge is 0.377 e. The summed E-state index contributed by atoms with van der Waals surface area (Å²) >= 11 is 5.28. The van der Waals surface area contributed by atoms with Crippen LogP contribution in [0.1, 0.15) is 13.8 Å². The van der Waals surface area contributed by atoms with Crippen LogP contribution in [0.3, 0.4) is 0 Å². The summed E-state index contributed by atoms with van der Waals surface area (Å²) in [6.07, 6.45) is 1.77. The van der Waals surface area contributed by atoms with E-state index in [2.05, 4.69) is 9.97 Å². The molecule has 0 aliphatic carbocycles. The molecule has 2 rings (SSSR count). The molecule has 0 saturated heterocycles. The molecule has 0 bridgehead atoms. The average Bonchev–Trinajstić information content (AvgIpc) is 2.56. The second-order valence-electron chi connectivity index (χ2n) is 4.35. The van der Waals surface area contributed by atoms with Gasteiger partial charge in [-0.3, -0.25) is 4.57 Å². The number of hydrogen-bond donors (Lipinski definition) is 1. The summed E-state index contributed by atoms with van der Waals surface area (Å²) in [6.45, 7) is 4.73. The van der Waals surface area contributed by atoms with Crippen LogP contribution in [0.4, 0.5) is 0 Å². The van der Waals surface area contributed by atoms with Gasteiger partial charge in [0.15, 0.2) is 10.4 Å². The van der Waals surface area contributed by atoms with Crippen molar-refractivity contribution in [1.29, 1.82) is 0 Å². The minimum atomic E-state index is -0.259. The third-order valence-electron chi connectivity index (χ3n) is 2.62. The first kappa shape index (κ1) is 11.3. The lowest BCUT2D eigenvalue weighted by Crippen LogP contribution is -2.29. The lowest BCUT2D eigenvalue weighted by atomic mass is 10.1. The van der Waals surface area contributed by atoms with Crippen LogP contribution in [0, 0.1) is 4.77 Å². The number of aromatic amines is 1. The van der Waals surface area contributed by atoms with E-state index in [0.29, 0.717) is 11.3 Å². The van der Waals surface area contributed by atoms with Crippen LogP contribution >= 0.6 is 12.2 Å². The maximum atomic E-state index is 5.41. The molecule has 2 aromatic heterocycles. The van der Waals surface area contributed by atoms with E-state index in [1.165, 1.54) is 0 Å². The zero-order valence-corrected chi connectivity index (χ0v) is 10.5. The Hall–Kier alpha value is -1.20. The second kappa shape index (κ2) is 3.99. The van der Waals surface area contributed by atoms with E-state index in [1.54, 1.807) is 13.3 Å². The summed E-state index contributed by atoms with van der Waals surface area (Å²) in [4.78, 5) is 7.46. The van der Waals surface area contributed by atoms with Gasteiger partial charge in [-0.1, -0.05) is 0 Å². The molecule has 4 nitrogen and oxygen atoms in total. The lowest BCUT2D eigenvalue weighted by molar-refractivity contribution is 0.00862. The van der Waals surface area contributed by atoms with E-state index in [0.717, 1.165) is 11.2 Å². The quantitative estimate of drug-likeness (QED) is 0.834. The lowest BCUT2D eigenvalue weighted by Gasteiger charge is -2.23. The first-order valence-electron chi connectivity index (χ1n) is 5.12. The number of pyridine rings is 1. The highest BCUT2D eigenvalue weighted by atomic mass is 32.1. The maximum Gasteiger partial charge on any atom is 0.179 e. The number of ether oxygens (including phenoxy) is 1. The molecule has 86 valence electrons. The molecular weight excluding hydrogens is 222 g/mol. The Labute approximate surface area is 99.3 Å². The monoisotopic (exact) mass is 237 g/mol. The van der Waals surface area contributed by atoms with Crippen molar-refractivity contribution in [3.05, 3.63) is 23.1 Å². The Balaban J connectivity index is 2.52. The highest BCUT2D eigenvalue weighted by Crippen LogP contribution is 2.16. The Bertz CT molecular complexity index is 556. The first-order valence-corrected chi connectivity index (χ1v) is 5.53. The van der Waals surface area contributed by atoms with Crippen LogP contribution in [-0.2, 0) is 11.3 Å². The van der Waals surface area contributed by atoms with E-state index in [-0.39, 0.29) is 5.60 Å². The van der Waals surface area contributed by atoms with Crippen LogP contribution < -0.4 is 0 Å². The van der Waals surface area contributed by atoms with Crippen molar-refractivity contribution in [3.63, 3.8) is 0 Å². The van der Waals surface area contributed by atoms with Gasteiger partial charge in [0.25, 0.3) is 0 Å². The molecular formula is C11H15N3OS. The summed E-state index contributed by atoms with van der Waals surface area (Å²) in [5, 5.41) is 0.